The Labute approximate surface area is 252 Å². The van der Waals surface area contributed by atoms with E-state index in [0.717, 1.165) is 39.0 Å². The van der Waals surface area contributed by atoms with Crippen molar-refractivity contribution >= 4 is 81.3 Å². The van der Waals surface area contributed by atoms with Gasteiger partial charge >= 0.3 is 0 Å². The summed E-state index contributed by atoms with van der Waals surface area (Å²) in [5.74, 6) is 0. The maximum atomic E-state index is 6.35. The quantitative estimate of drug-likeness (QED) is 0.210. The number of hydrogen-bond donors (Lipinski definition) is 0. The Kier molecular flexibility index (Phi) is 5.40. The molecule has 9 rings (SSSR count). The van der Waals surface area contributed by atoms with Crippen LogP contribution >= 0.6 is 11.3 Å². The van der Waals surface area contributed by atoms with Gasteiger partial charge in [-0.15, -0.1) is 11.3 Å². The first-order chi connectivity index (χ1) is 21.3. The van der Waals surface area contributed by atoms with E-state index in [1.807, 2.05) is 23.5 Å². The molecule has 0 aliphatic heterocycles. The molecule has 3 heteroatoms. The lowest BCUT2D eigenvalue weighted by Gasteiger charge is -2.28. The summed E-state index contributed by atoms with van der Waals surface area (Å²) in [7, 11) is 0. The minimum absolute atomic E-state index is 0.883. The summed E-state index contributed by atoms with van der Waals surface area (Å²) in [4.78, 5) is 2.36. The smallest absolute Gasteiger partial charge is 0.137 e. The van der Waals surface area contributed by atoms with Crippen molar-refractivity contribution in [2.45, 2.75) is 0 Å². The average Bonchev–Trinajstić information content (AvgIpc) is 3.62. The maximum Gasteiger partial charge on any atom is 0.137 e. The molecular formula is C40H25NOS. The summed E-state index contributed by atoms with van der Waals surface area (Å²) in [5.41, 5.74) is 7.42. The number of furan rings is 1. The summed E-state index contributed by atoms with van der Waals surface area (Å²) in [6.45, 7) is 0. The highest BCUT2D eigenvalue weighted by Crippen LogP contribution is 2.44. The number of fused-ring (bicyclic) bond motifs is 7. The number of para-hydroxylation sites is 2. The maximum absolute atomic E-state index is 6.35. The lowest BCUT2D eigenvalue weighted by atomic mass is 10.0. The van der Waals surface area contributed by atoms with E-state index in [2.05, 4.69) is 144 Å². The van der Waals surface area contributed by atoms with E-state index in [4.69, 9.17) is 4.42 Å². The summed E-state index contributed by atoms with van der Waals surface area (Å²) < 4.78 is 8.99. The van der Waals surface area contributed by atoms with Gasteiger partial charge in [-0.3, -0.25) is 0 Å². The third kappa shape index (κ3) is 3.93. The van der Waals surface area contributed by atoms with Crippen molar-refractivity contribution in [3.05, 3.63) is 152 Å². The molecule has 202 valence electrons. The van der Waals surface area contributed by atoms with Crippen molar-refractivity contribution in [3.63, 3.8) is 0 Å². The molecule has 0 N–H and O–H groups in total. The Hall–Kier alpha value is -5.38. The molecule has 0 unspecified atom stereocenters. The second-order valence-electron chi connectivity index (χ2n) is 11.0. The highest BCUT2D eigenvalue weighted by atomic mass is 32.1. The fraction of sp³-hybridized carbons (Fsp3) is 0. The van der Waals surface area contributed by atoms with Crippen molar-refractivity contribution in [1.29, 1.82) is 0 Å². The van der Waals surface area contributed by atoms with E-state index in [-0.39, 0.29) is 0 Å². The molecule has 0 saturated carbocycles. The first-order valence-electron chi connectivity index (χ1n) is 14.5. The first-order valence-corrected chi connectivity index (χ1v) is 15.3. The number of rotatable bonds is 4. The molecule has 0 spiro atoms. The van der Waals surface area contributed by atoms with Gasteiger partial charge in [0.15, 0.2) is 0 Å². The summed E-state index contributed by atoms with van der Waals surface area (Å²) in [6.07, 6.45) is 0. The van der Waals surface area contributed by atoms with Gasteiger partial charge in [0, 0.05) is 53.9 Å². The van der Waals surface area contributed by atoms with Crippen LogP contribution in [0.5, 0.6) is 0 Å². The lowest BCUT2D eigenvalue weighted by molar-refractivity contribution is 0.669. The average molecular weight is 568 g/mol. The summed E-state index contributed by atoms with van der Waals surface area (Å²) in [5, 5.41) is 7.38. The third-order valence-corrected chi connectivity index (χ3v) is 9.56. The van der Waals surface area contributed by atoms with E-state index < -0.39 is 0 Å². The van der Waals surface area contributed by atoms with Crippen LogP contribution in [0.3, 0.4) is 0 Å². The molecule has 0 fully saturated rings. The predicted molar refractivity (Wildman–Crippen MR) is 184 cm³/mol. The summed E-state index contributed by atoms with van der Waals surface area (Å²) in [6, 6.07) is 54.3. The van der Waals surface area contributed by atoms with Gasteiger partial charge in [0.25, 0.3) is 0 Å². The fourth-order valence-corrected chi connectivity index (χ4v) is 7.54. The largest absolute Gasteiger partial charge is 0.456 e. The number of thiophene rings is 1. The Morgan fingerprint density at radius 2 is 1.16 bits per heavy atom. The molecule has 0 saturated heterocycles. The predicted octanol–water partition coefficient (Wildman–Crippen LogP) is 12.2. The number of nitrogens with zero attached hydrogens (tertiary/aromatic N) is 1. The van der Waals surface area contributed by atoms with Gasteiger partial charge < -0.3 is 9.32 Å². The highest BCUT2D eigenvalue weighted by molar-refractivity contribution is 7.25. The lowest BCUT2D eigenvalue weighted by Crippen LogP contribution is -2.11. The van der Waals surface area contributed by atoms with Crippen molar-refractivity contribution < 1.29 is 4.42 Å². The number of anilines is 3. The molecule has 0 amide bonds. The van der Waals surface area contributed by atoms with Crippen LogP contribution in [-0.2, 0) is 0 Å². The fourth-order valence-electron chi connectivity index (χ4n) is 6.41. The molecule has 0 radical (unpaired) electrons. The zero-order valence-electron chi connectivity index (χ0n) is 23.2. The normalized spacial score (nSPS) is 11.7. The monoisotopic (exact) mass is 567 g/mol. The Balaban J connectivity index is 1.28. The van der Waals surface area contributed by atoms with Crippen molar-refractivity contribution in [1.82, 2.24) is 0 Å². The molecule has 2 nitrogen and oxygen atoms in total. The van der Waals surface area contributed by atoms with Crippen LogP contribution in [0.1, 0.15) is 0 Å². The molecule has 9 aromatic rings. The first kappa shape index (κ1) is 24.2. The zero-order chi connectivity index (χ0) is 28.3. The molecule has 0 bridgehead atoms. The van der Waals surface area contributed by atoms with Crippen LogP contribution in [0.4, 0.5) is 17.1 Å². The minimum atomic E-state index is 0.883. The van der Waals surface area contributed by atoms with Crippen LogP contribution in [0.15, 0.2) is 156 Å². The van der Waals surface area contributed by atoms with Crippen LogP contribution in [-0.4, -0.2) is 0 Å². The summed E-state index contributed by atoms with van der Waals surface area (Å²) >= 11 is 1.86. The van der Waals surface area contributed by atoms with E-state index >= 15 is 0 Å². The molecule has 0 aliphatic carbocycles. The van der Waals surface area contributed by atoms with Crippen LogP contribution < -0.4 is 4.90 Å². The number of hydrogen-bond acceptors (Lipinski definition) is 3. The van der Waals surface area contributed by atoms with E-state index in [1.54, 1.807) is 0 Å². The van der Waals surface area contributed by atoms with E-state index in [0.29, 0.717) is 0 Å². The van der Waals surface area contributed by atoms with Crippen molar-refractivity contribution in [2.75, 3.05) is 4.90 Å². The van der Waals surface area contributed by atoms with Crippen LogP contribution in [0.25, 0.3) is 64.0 Å². The topological polar surface area (TPSA) is 16.4 Å². The van der Waals surface area contributed by atoms with E-state index in [9.17, 15) is 0 Å². The molecule has 0 aliphatic rings. The minimum Gasteiger partial charge on any atom is -0.456 e. The van der Waals surface area contributed by atoms with Crippen LogP contribution in [0.2, 0.25) is 0 Å². The molecule has 0 atom stereocenters. The molecular weight excluding hydrogens is 543 g/mol. The Bertz CT molecular complexity index is 2470. The van der Waals surface area contributed by atoms with Crippen molar-refractivity contribution in [3.8, 4) is 11.1 Å². The van der Waals surface area contributed by atoms with Gasteiger partial charge in [0.2, 0.25) is 0 Å². The second-order valence-corrected chi connectivity index (χ2v) is 12.1. The molecule has 7 aromatic carbocycles. The molecule has 2 aromatic heterocycles. The standard InChI is InChI=1S/C40H25NOS/c1-2-10-26(11-3-1)31-12-4-7-15-36(31)41(30-20-21-33-32-13-5-8-16-37(32)42-38(33)25-30)29-19-18-27-23-35-34-14-6-9-17-39(34)43-40(35)24-28(27)22-29/h1-25H. The third-order valence-electron chi connectivity index (χ3n) is 8.43. The van der Waals surface area contributed by atoms with Gasteiger partial charge in [0.1, 0.15) is 11.2 Å². The van der Waals surface area contributed by atoms with Gasteiger partial charge in [-0.1, -0.05) is 91.0 Å². The Morgan fingerprint density at radius 3 is 2.09 bits per heavy atom. The molecule has 43 heavy (non-hydrogen) atoms. The molecule has 2 heterocycles. The van der Waals surface area contributed by atoms with Gasteiger partial charge in [-0.25, -0.2) is 0 Å². The van der Waals surface area contributed by atoms with Gasteiger partial charge in [-0.05, 0) is 70.9 Å². The Morgan fingerprint density at radius 1 is 0.442 bits per heavy atom. The zero-order valence-corrected chi connectivity index (χ0v) is 24.0. The van der Waals surface area contributed by atoms with Gasteiger partial charge in [-0.2, -0.15) is 0 Å². The van der Waals surface area contributed by atoms with E-state index in [1.165, 1.54) is 42.1 Å². The SMILES string of the molecule is c1ccc(-c2ccccc2N(c2ccc3cc4c(cc3c2)sc2ccccc24)c2ccc3c(c2)oc2ccccc23)cc1. The second kappa shape index (κ2) is 9.59. The number of benzene rings is 7. The van der Waals surface area contributed by atoms with Gasteiger partial charge in [0.05, 0.1) is 5.69 Å². The highest BCUT2D eigenvalue weighted by Gasteiger charge is 2.19. The van der Waals surface area contributed by atoms with Crippen LogP contribution in [0, 0.1) is 0 Å². The van der Waals surface area contributed by atoms with Crippen molar-refractivity contribution in [2.24, 2.45) is 0 Å².